The van der Waals surface area contributed by atoms with Crippen LogP contribution in [0.3, 0.4) is 0 Å². The van der Waals surface area contributed by atoms with Crippen LogP contribution in [0.4, 0.5) is 17.5 Å². The molecule has 1 aromatic heterocycles. The molecule has 5 nitrogen and oxygen atoms in total. The number of halogens is 2. The topological polar surface area (TPSA) is 70.1 Å². The highest BCUT2D eigenvalue weighted by atomic mass is 35.5. The minimum absolute atomic E-state index is 0.137. The Kier molecular flexibility index (Phi) is 5.20. The highest BCUT2D eigenvalue weighted by Gasteiger charge is 2.26. The molecule has 1 aliphatic carbocycles. The molecule has 0 amide bonds. The maximum atomic E-state index is 8.88. The van der Waals surface area contributed by atoms with Crippen LogP contribution < -0.4 is 10.6 Å². The van der Waals surface area contributed by atoms with Crippen molar-refractivity contribution < 1.29 is 5.11 Å². The van der Waals surface area contributed by atoms with E-state index in [-0.39, 0.29) is 6.61 Å². The van der Waals surface area contributed by atoms with E-state index in [1.807, 2.05) is 6.07 Å². The Morgan fingerprint density at radius 1 is 1.17 bits per heavy atom. The maximum Gasteiger partial charge on any atom is 0.224 e. The third-order valence-electron chi connectivity index (χ3n) is 3.55. The van der Waals surface area contributed by atoms with E-state index >= 15 is 0 Å². The fraction of sp³-hybridized carbons (Fsp3) is 0.375. The normalized spacial score (nSPS) is 13.9. The highest BCUT2D eigenvalue weighted by molar-refractivity contribution is 6.35. The van der Waals surface area contributed by atoms with Gasteiger partial charge in [0.2, 0.25) is 5.95 Å². The first-order valence-electron chi connectivity index (χ1n) is 7.61. The lowest BCUT2D eigenvalue weighted by atomic mass is 10.2. The number of aliphatic hydroxyl groups excluding tert-OH is 1. The van der Waals surface area contributed by atoms with Gasteiger partial charge < -0.3 is 15.7 Å². The van der Waals surface area contributed by atoms with Gasteiger partial charge in [-0.1, -0.05) is 23.2 Å². The molecule has 1 heterocycles. The van der Waals surface area contributed by atoms with E-state index in [0.717, 1.165) is 18.5 Å². The zero-order chi connectivity index (χ0) is 16.2. The molecule has 1 aliphatic rings. The number of benzene rings is 1. The van der Waals surface area contributed by atoms with E-state index in [1.165, 1.54) is 0 Å². The molecule has 3 rings (SSSR count). The maximum absolute atomic E-state index is 8.88. The first kappa shape index (κ1) is 16.3. The van der Waals surface area contributed by atoms with Crippen LogP contribution in [0.1, 0.15) is 30.9 Å². The second-order valence-corrected chi connectivity index (χ2v) is 6.37. The summed E-state index contributed by atoms with van der Waals surface area (Å²) < 4.78 is 0. The van der Waals surface area contributed by atoms with Gasteiger partial charge >= 0.3 is 0 Å². The molecule has 1 aromatic carbocycles. The summed E-state index contributed by atoms with van der Waals surface area (Å²) in [6, 6.07) is 7.20. The van der Waals surface area contributed by atoms with E-state index in [1.54, 1.807) is 18.2 Å². The number of rotatable bonds is 7. The van der Waals surface area contributed by atoms with Crippen molar-refractivity contribution in [3.63, 3.8) is 0 Å². The number of nitrogens with zero attached hydrogens (tertiary/aromatic N) is 2. The summed E-state index contributed by atoms with van der Waals surface area (Å²) in [6.07, 6.45) is 2.97. The number of anilines is 3. The van der Waals surface area contributed by atoms with Crippen LogP contribution >= 0.6 is 23.2 Å². The first-order valence-corrected chi connectivity index (χ1v) is 8.37. The van der Waals surface area contributed by atoms with Gasteiger partial charge in [0.25, 0.3) is 0 Å². The van der Waals surface area contributed by atoms with Gasteiger partial charge in [-0.05, 0) is 37.5 Å². The van der Waals surface area contributed by atoms with Crippen molar-refractivity contribution in [2.75, 3.05) is 23.8 Å². The quantitative estimate of drug-likeness (QED) is 0.651. The number of hydrogen-bond donors (Lipinski definition) is 3. The molecule has 23 heavy (non-hydrogen) atoms. The molecule has 0 bridgehead atoms. The summed E-state index contributed by atoms with van der Waals surface area (Å²) in [5, 5.41) is 16.4. The summed E-state index contributed by atoms with van der Waals surface area (Å²) in [6.45, 7) is 0.764. The summed E-state index contributed by atoms with van der Waals surface area (Å²) in [7, 11) is 0. The largest absolute Gasteiger partial charge is 0.396 e. The van der Waals surface area contributed by atoms with Crippen LogP contribution in [0, 0.1) is 0 Å². The van der Waals surface area contributed by atoms with Crippen molar-refractivity contribution in [2.24, 2.45) is 0 Å². The van der Waals surface area contributed by atoms with Crippen LogP contribution in [0.5, 0.6) is 0 Å². The van der Waals surface area contributed by atoms with Crippen molar-refractivity contribution in [3.8, 4) is 0 Å². The van der Waals surface area contributed by atoms with Gasteiger partial charge in [-0.2, -0.15) is 4.98 Å². The standard InChI is InChI=1S/C16H18Cl2N4O/c17-11-4-5-12(18)14(8-11)20-15-9-13(10-2-3-10)21-16(22-15)19-6-1-7-23/h4-5,8-10,23H,1-3,6-7H2,(H2,19,20,21,22). The smallest absolute Gasteiger partial charge is 0.224 e. The van der Waals surface area contributed by atoms with Crippen molar-refractivity contribution in [3.05, 3.63) is 40.0 Å². The van der Waals surface area contributed by atoms with Crippen LogP contribution in [-0.2, 0) is 0 Å². The van der Waals surface area contributed by atoms with Gasteiger partial charge in [0.05, 0.1) is 16.4 Å². The minimum atomic E-state index is 0.137. The molecule has 0 unspecified atom stereocenters. The third-order valence-corrected chi connectivity index (χ3v) is 4.12. The molecule has 0 aliphatic heterocycles. The second kappa shape index (κ2) is 7.34. The molecule has 0 saturated heterocycles. The Hall–Kier alpha value is -1.56. The zero-order valence-electron chi connectivity index (χ0n) is 12.5. The van der Waals surface area contributed by atoms with E-state index in [0.29, 0.717) is 46.4 Å². The third kappa shape index (κ3) is 4.47. The van der Waals surface area contributed by atoms with E-state index in [4.69, 9.17) is 28.3 Å². The molecule has 7 heteroatoms. The molecular formula is C16H18Cl2N4O. The first-order chi connectivity index (χ1) is 11.2. The fourth-order valence-corrected chi connectivity index (χ4v) is 2.54. The van der Waals surface area contributed by atoms with Gasteiger partial charge in [0.1, 0.15) is 5.82 Å². The molecule has 122 valence electrons. The van der Waals surface area contributed by atoms with Gasteiger partial charge in [-0.25, -0.2) is 4.98 Å². The molecule has 0 spiro atoms. The highest BCUT2D eigenvalue weighted by Crippen LogP contribution is 2.40. The lowest BCUT2D eigenvalue weighted by Gasteiger charge is -2.12. The molecule has 0 radical (unpaired) electrons. The predicted molar refractivity (Wildman–Crippen MR) is 93.9 cm³/mol. The molecule has 3 N–H and O–H groups in total. The number of nitrogens with one attached hydrogen (secondary N) is 2. The Labute approximate surface area is 145 Å². The van der Waals surface area contributed by atoms with E-state index < -0.39 is 0 Å². The van der Waals surface area contributed by atoms with Gasteiger partial charge in [-0.15, -0.1) is 0 Å². The Morgan fingerprint density at radius 2 is 2.00 bits per heavy atom. The summed E-state index contributed by atoms with van der Waals surface area (Å²) in [5.74, 6) is 1.74. The lowest BCUT2D eigenvalue weighted by molar-refractivity contribution is 0.292. The van der Waals surface area contributed by atoms with Crippen molar-refractivity contribution >= 4 is 40.7 Å². The van der Waals surface area contributed by atoms with Crippen LogP contribution in [0.2, 0.25) is 10.0 Å². The summed E-state index contributed by atoms with van der Waals surface area (Å²) >= 11 is 12.2. The molecule has 1 saturated carbocycles. The van der Waals surface area contributed by atoms with Crippen LogP contribution in [0.15, 0.2) is 24.3 Å². The van der Waals surface area contributed by atoms with Gasteiger partial charge in [0, 0.05) is 30.2 Å². The lowest BCUT2D eigenvalue weighted by Crippen LogP contribution is -2.09. The van der Waals surface area contributed by atoms with E-state index in [9.17, 15) is 0 Å². The van der Waals surface area contributed by atoms with Crippen LogP contribution in [-0.4, -0.2) is 28.2 Å². The average molecular weight is 353 g/mol. The summed E-state index contributed by atoms with van der Waals surface area (Å²) in [4.78, 5) is 9.01. The molecule has 1 fully saturated rings. The molecular weight excluding hydrogens is 335 g/mol. The summed E-state index contributed by atoms with van der Waals surface area (Å²) in [5.41, 5.74) is 1.73. The number of hydrogen-bond acceptors (Lipinski definition) is 5. The average Bonchev–Trinajstić information content (AvgIpc) is 3.36. The molecule has 0 atom stereocenters. The Morgan fingerprint density at radius 3 is 2.74 bits per heavy atom. The van der Waals surface area contributed by atoms with E-state index in [2.05, 4.69) is 20.6 Å². The van der Waals surface area contributed by atoms with Crippen molar-refractivity contribution in [2.45, 2.75) is 25.2 Å². The predicted octanol–water partition coefficient (Wildman–Crippen LogP) is 4.20. The monoisotopic (exact) mass is 352 g/mol. The second-order valence-electron chi connectivity index (χ2n) is 5.53. The minimum Gasteiger partial charge on any atom is -0.396 e. The van der Waals surface area contributed by atoms with Crippen molar-refractivity contribution in [1.29, 1.82) is 0 Å². The van der Waals surface area contributed by atoms with Gasteiger partial charge in [-0.3, -0.25) is 0 Å². The number of aliphatic hydroxyl groups is 1. The fourth-order valence-electron chi connectivity index (χ4n) is 2.21. The number of aromatic nitrogens is 2. The Bertz CT molecular complexity index is 692. The van der Waals surface area contributed by atoms with Gasteiger partial charge in [0.15, 0.2) is 0 Å². The zero-order valence-corrected chi connectivity index (χ0v) is 14.0. The van der Waals surface area contributed by atoms with Crippen molar-refractivity contribution in [1.82, 2.24) is 9.97 Å². The SMILES string of the molecule is OCCCNc1nc(Nc2cc(Cl)ccc2Cl)cc(C2CC2)n1. The molecule has 2 aromatic rings. The van der Waals surface area contributed by atoms with Crippen LogP contribution in [0.25, 0.3) is 0 Å². The Balaban J connectivity index is 1.83.